The summed E-state index contributed by atoms with van der Waals surface area (Å²) in [5, 5.41) is 23.7. The van der Waals surface area contributed by atoms with Crippen molar-refractivity contribution in [2.24, 2.45) is 10.2 Å². The van der Waals surface area contributed by atoms with Crippen molar-refractivity contribution in [1.82, 2.24) is 0 Å². The largest absolute Gasteiger partial charge is 0.505 e. The molecule has 5 aromatic carbocycles. The van der Waals surface area contributed by atoms with Crippen LogP contribution >= 0.6 is 0 Å². The van der Waals surface area contributed by atoms with Crippen LogP contribution in [0.4, 0.5) is 22.7 Å². The number of benzene rings is 5. The topological polar surface area (TPSA) is 175 Å². The number of phenolic OH excluding ortho intramolecular Hbond substituents is 1. The Balaban J connectivity index is 1.49. The van der Waals surface area contributed by atoms with Crippen molar-refractivity contribution in [3.8, 4) is 5.75 Å². The summed E-state index contributed by atoms with van der Waals surface area (Å²) in [5.74, 6) is -0.936. The fourth-order valence-electron chi connectivity index (χ4n) is 4.37. The van der Waals surface area contributed by atoms with Gasteiger partial charge in [-0.1, -0.05) is 48.5 Å². The maximum Gasteiger partial charge on any atom is 0.294 e. The minimum Gasteiger partial charge on any atom is -0.505 e. The molecule has 0 bridgehead atoms. The van der Waals surface area contributed by atoms with Crippen LogP contribution in [-0.4, -0.2) is 32.4 Å². The molecule has 0 aliphatic rings. The number of rotatable bonds is 8. The van der Waals surface area contributed by atoms with Crippen LogP contribution in [0.3, 0.4) is 0 Å². The van der Waals surface area contributed by atoms with Gasteiger partial charge in [0, 0.05) is 16.8 Å². The normalized spacial score (nSPS) is 12.0. The first-order valence-electron chi connectivity index (χ1n) is 13.1. The number of para-hydroxylation sites is 1. The van der Waals surface area contributed by atoms with Gasteiger partial charge in [-0.3, -0.25) is 14.1 Å². The Hall–Kier alpha value is -5.11. The predicted molar refractivity (Wildman–Crippen MR) is 167 cm³/mol. The number of nitrogens with one attached hydrogen (secondary N) is 2. The van der Waals surface area contributed by atoms with Crippen LogP contribution < -0.4 is 10.0 Å². The van der Waals surface area contributed by atoms with E-state index in [1.807, 2.05) is 19.1 Å². The van der Waals surface area contributed by atoms with Gasteiger partial charge in [-0.25, -0.2) is 8.42 Å². The van der Waals surface area contributed by atoms with Gasteiger partial charge in [0.05, 0.1) is 21.0 Å². The number of hydrogen-bond acceptors (Lipinski definition) is 8. The molecule has 11 nitrogen and oxygen atoms in total. The lowest BCUT2D eigenvalue weighted by Crippen LogP contribution is -2.13. The number of anilines is 2. The number of carbonyl (C=O) groups excluding carboxylic acids is 1. The van der Waals surface area contributed by atoms with Crippen molar-refractivity contribution < 1.29 is 31.3 Å². The van der Waals surface area contributed by atoms with Gasteiger partial charge >= 0.3 is 0 Å². The second-order valence-electron chi connectivity index (χ2n) is 9.86. The Kier molecular flexibility index (Phi) is 8.19. The van der Waals surface area contributed by atoms with E-state index in [0.717, 1.165) is 17.7 Å². The second-order valence-corrected chi connectivity index (χ2v) is 13.0. The molecule has 44 heavy (non-hydrogen) atoms. The van der Waals surface area contributed by atoms with Crippen LogP contribution in [-0.2, 0) is 20.1 Å². The molecule has 5 rings (SSSR count). The molecule has 0 spiro atoms. The van der Waals surface area contributed by atoms with E-state index >= 15 is 0 Å². The van der Waals surface area contributed by atoms with Gasteiger partial charge in [0.25, 0.3) is 26.0 Å². The Labute approximate surface area is 253 Å². The Morgan fingerprint density at radius 3 is 2.11 bits per heavy atom. The van der Waals surface area contributed by atoms with Crippen LogP contribution in [0.2, 0.25) is 0 Å². The van der Waals surface area contributed by atoms with Crippen molar-refractivity contribution in [2.45, 2.75) is 23.6 Å². The van der Waals surface area contributed by atoms with E-state index in [0.29, 0.717) is 22.0 Å². The number of sulfonamides is 1. The van der Waals surface area contributed by atoms with Crippen LogP contribution in [0.25, 0.3) is 10.8 Å². The monoisotopic (exact) mass is 630 g/mol. The number of nitrogens with zero attached hydrogens (tertiary/aromatic N) is 2. The molecular weight excluding hydrogens is 604 g/mol. The summed E-state index contributed by atoms with van der Waals surface area (Å²) < 4.78 is 60.3. The minimum absolute atomic E-state index is 0.0156. The number of carbonyl (C=O) groups is 1. The number of azo groups is 1. The molecule has 0 fully saturated rings. The number of aromatic hydroxyl groups is 1. The van der Waals surface area contributed by atoms with Gasteiger partial charge in [-0.2, -0.15) is 13.5 Å². The highest BCUT2D eigenvalue weighted by Crippen LogP contribution is 2.40. The smallest absolute Gasteiger partial charge is 0.294 e. The molecule has 0 saturated carbocycles. The fraction of sp³-hybridized carbons (Fsp3) is 0.0645. The third-order valence-corrected chi connectivity index (χ3v) is 9.03. The van der Waals surface area contributed by atoms with E-state index in [-0.39, 0.29) is 32.4 Å². The van der Waals surface area contributed by atoms with E-state index in [2.05, 4.69) is 20.3 Å². The summed E-state index contributed by atoms with van der Waals surface area (Å²) in [6.07, 6.45) is 0. The minimum atomic E-state index is -4.44. The highest BCUT2D eigenvalue weighted by molar-refractivity contribution is 7.92. The fourth-order valence-corrected chi connectivity index (χ4v) is 5.93. The standard InChI is InChI=1S/C31H26N4O7S2/c1-19-7-3-6-10-27(19)32-31(37)26-17-21-8-4-5-9-25(21)29(30(26)36)34-33-28-18-24(14-11-20(28)2)43(38,39)35-22-12-15-23(16-13-22)44(40,41)42/h3-18,35-36H,1-2H3,(H,32,37)(H,40,41,42). The van der Waals surface area contributed by atoms with Gasteiger partial charge in [0.15, 0.2) is 5.75 Å². The lowest BCUT2D eigenvalue weighted by atomic mass is 10.0. The molecule has 5 aromatic rings. The number of aryl methyl sites for hydroxylation is 2. The third-order valence-electron chi connectivity index (χ3n) is 6.79. The molecule has 0 saturated heterocycles. The molecule has 224 valence electrons. The summed E-state index contributed by atoms with van der Waals surface area (Å²) in [4.78, 5) is 12.7. The quantitative estimate of drug-likeness (QED) is 0.107. The highest BCUT2D eigenvalue weighted by atomic mass is 32.2. The zero-order valence-electron chi connectivity index (χ0n) is 23.4. The van der Waals surface area contributed by atoms with Crippen LogP contribution in [0.1, 0.15) is 21.5 Å². The number of amides is 1. The molecule has 4 N–H and O–H groups in total. The summed E-state index contributed by atoms with van der Waals surface area (Å²) in [7, 11) is -8.58. The molecule has 0 aromatic heterocycles. The van der Waals surface area contributed by atoms with Crippen LogP contribution in [0.5, 0.6) is 5.75 Å². The molecule has 1 amide bonds. The molecule has 0 heterocycles. The van der Waals surface area contributed by atoms with Gasteiger partial charge in [0.2, 0.25) is 0 Å². The van der Waals surface area contributed by atoms with Crippen LogP contribution in [0.15, 0.2) is 117 Å². The van der Waals surface area contributed by atoms with Crippen LogP contribution in [0, 0.1) is 13.8 Å². The summed E-state index contributed by atoms with van der Waals surface area (Å²) in [6.45, 7) is 3.55. The third kappa shape index (κ3) is 6.44. The summed E-state index contributed by atoms with van der Waals surface area (Å²) >= 11 is 0. The molecular formula is C31H26N4O7S2. The van der Waals surface area contributed by atoms with E-state index in [1.165, 1.54) is 30.3 Å². The van der Waals surface area contributed by atoms with Gasteiger partial charge < -0.3 is 10.4 Å². The van der Waals surface area contributed by atoms with Crippen molar-refractivity contribution in [3.63, 3.8) is 0 Å². The maximum atomic E-state index is 13.2. The Morgan fingerprint density at radius 2 is 1.41 bits per heavy atom. The molecule has 0 radical (unpaired) electrons. The van der Waals surface area contributed by atoms with Crippen molar-refractivity contribution >= 4 is 59.6 Å². The lowest BCUT2D eigenvalue weighted by Gasteiger charge is -2.12. The average molecular weight is 631 g/mol. The Bertz CT molecular complexity index is 2160. The van der Waals surface area contributed by atoms with Crippen molar-refractivity contribution in [2.75, 3.05) is 10.0 Å². The van der Waals surface area contributed by atoms with Crippen molar-refractivity contribution in [1.29, 1.82) is 0 Å². The first-order valence-corrected chi connectivity index (χ1v) is 16.0. The first kappa shape index (κ1) is 30.4. The molecule has 0 aliphatic carbocycles. The zero-order valence-corrected chi connectivity index (χ0v) is 25.0. The molecule has 0 unspecified atom stereocenters. The average Bonchev–Trinajstić information content (AvgIpc) is 2.98. The summed E-state index contributed by atoms with van der Waals surface area (Å²) in [6, 6.07) is 24.5. The number of phenols is 1. The maximum absolute atomic E-state index is 13.2. The molecule has 0 aliphatic heterocycles. The van der Waals surface area contributed by atoms with Gasteiger partial charge in [-0.15, -0.1) is 5.11 Å². The van der Waals surface area contributed by atoms with E-state index in [9.17, 15) is 26.7 Å². The molecule has 13 heteroatoms. The van der Waals surface area contributed by atoms with E-state index in [4.69, 9.17) is 4.55 Å². The summed E-state index contributed by atoms with van der Waals surface area (Å²) in [5.41, 5.74) is 2.29. The number of hydrogen-bond donors (Lipinski definition) is 4. The zero-order chi connectivity index (χ0) is 31.6. The Morgan fingerprint density at radius 1 is 0.750 bits per heavy atom. The van der Waals surface area contributed by atoms with Gasteiger partial charge in [0.1, 0.15) is 5.69 Å². The predicted octanol–water partition coefficient (Wildman–Crippen LogP) is 6.88. The van der Waals surface area contributed by atoms with Gasteiger partial charge in [-0.05, 0) is 78.9 Å². The van der Waals surface area contributed by atoms with E-state index in [1.54, 1.807) is 49.4 Å². The van der Waals surface area contributed by atoms with Crippen molar-refractivity contribution in [3.05, 3.63) is 114 Å². The highest BCUT2D eigenvalue weighted by Gasteiger charge is 2.20. The first-order chi connectivity index (χ1) is 20.8. The number of fused-ring (bicyclic) bond motifs is 1. The second kappa shape index (κ2) is 11.9. The molecule has 0 atom stereocenters. The van der Waals surface area contributed by atoms with E-state index < -0.39 is 31.8 Å². The lowest BCUT2D eigenvalue weighted by molar-refractivity contribution is 0.102. The SMILES string of the molecule is Cc1ccc(S(=O)(=O)Nc2ccc(S(=O)(=O)O)cc2)cc1N=Nc1c(O)c(C(=O)Nc2ccccc2C)cc2ccccc12.